The van der Waals surface area contributed by atoms with Crippen LogP contribution < -0.4 is 10.2 Å². The molecule has 0 aromatic heterocycles. The number of hydrogen-bond donors (Lipinski definition) is 1. The van der Waals surface area contributed by atoms with Gasteiger partial charge in [0.15, 0.2) is 0 Å². The van der Waals surface area contributed by atoms with Gasteiger partial charge in [0.25, 0.3) is 0 Å². The quantitative estimate of drug-likeness (QED) is 0.859. The smallest absolute Gasteiger partial charge is 0.220 e. The zero-order chi connectivity index (χ0) is 18.4. The van der Waals surface area contributed by atoms with Crippen LogP contribution in [0, 0.1) is 5.41 Å². The van der Waals surface area contributed by atoms with Crippen molar-refractivity contribution < 1.29 is 9.53 Å². The molecule has 1 atom stereocenters. The van der Waals surface area contributed by atoms with Crippen molar-refractivity contribution >= 4 is 11.6 Å². The highest BCUT2D eigenvalue weighted by atomic mass is 16.5. The number of morpholine rings is 1. The highest BCUT2D eigenvalue weighted by molar-refractivity contribution is 5.76. The van der Waals surface area contributed by atoms with Crippen LogP contribution in [0.5, 0.6) is 0 Å². The van der Waals surface area contributed by atoms with Gasteiger partial charge in [0.1, 0.15) is 0 Å². The lowest BCUT2D eigenvalue weighted by molar-refractivity contribution is -0.123. The second-order valence-corrected chi connectivity index (χ2v) is 8.19. The van der Waals surface area contributed by atoms with Crippen molar-refractivity contribution in [3.05, 3.63) is 29.8 Å². The fourth-order valence-corrected chi connectivity index (χ4v) is 3.10. The van der Waals surface area contributed by atoms with Gasteiger partial charge in [0.2, 0.25) is 5.91 Å². The van der Waals surface area contributed by atoms with E-state index in [4.69, 9.17) is 4.74 Å². The SMILES string of the molecule is CN(C)c1ccc([C@H](CNC(=O)CC(C)(C)C)N2CCOCC2)cc1. The Morgan fingerprint density at radius 3 is 2.32 bits per heavy atom. The van der Waals surface area contributed by atoms with Gasteiger partial charge in [-0.05, 0) is 23.1 Å². The molecule has 0 spiro atoms. The number of nitrogens with zero attached hydrogens (tertiary/aromatic N) is 2. The molecule has 1 fully saturated rings. The van der Waals surface area contributed by atoms with Gasteiger partial charge in [-0.2, -0.15) is 0 Å². The Balaban J connectivity index is 2.08. The highest BCUT2D eigenvalue weighted by Crippen LogP contribution is 2.24. The Bertz CT molecular complexity index is 543. The van der Waals surface area contributed by atoms with E-state index in [-0.39, 0.29) is 17.4 Å². The van der Waals surface area contributed by atoms with E-state index in [1.54, 1.807) is 0 Å². The first kappa shape index (κ1) is 19.7. The third-order valence-corrected chi connectivity index (χ3v) is 4.46. The number of benzene rings is 1. The number of nitrogens with one attached hydrogen (secondary N) is 1. The number of amides is 1. The molecule has 1 aliphatic rings. The van der Waals surface area contributed by atoms with Crippen LogP contribution in [-0.2, 0) is 9.53 Å². The van der Waals surface area contributed by atoms with Crippen molar-refractivity contribution in [2.75, 3.05) is 51.8 Å². The summed E-state index contributed by atoms with van der Waals surface area (Å²) in [7, 11) is 4.09. The van der Waals surface area contributed by atoms with Crippen molar-refractivity contribution in [3.8, 4) is 0 Å². The van der Waals surface area contributed by atoms with Crippen LogP contribution in [0.3, 0.4) is 0 Å². The van der Waals surface area contributed by atoms with E-state index in [0.29, 0.717) is 13.0 Å². The second kappa shape index (κ2) is 8.68. The van der Waals surface area contributed by atoms with Crippen molar-refractivity contribution in [1.29, 1.82) is 0 Å². The first-order chi connectivity index (χ1) is 11.8. The van der Waals surface area contributed by atoms with Gasteiger partial charge in [-0.1, -0.05) is 32.9 Å². The zero-order valence-electron chi connectivity index (χ0n) is 16.3. The topological polar surface area (TPSA) is 44.8 Å². The molecule has 0 radical (unpaired) electrons. The lowest BCUT2D eigenvalue weighted by Gasteiger charge is -2.35. The molecule has 0 bridgehead atoms. The summed E-state index contributed by atoms with van der Waals surface area (Å²) < 4.78 is 5.49. The predicted octanol–water partition coefficient (Wildman–Crippen LogP) is 2.68. The van der Waals surface area contributed by atoms with Gasteiger partial charge in [-0.25, -0.2) is 0 Å². The minimum Gasteiger partial charge on any atom is -0.379 e. The van der Waals surface area contributed by atoms with Crippen LogP contribution in [0.2, 0.25) is 0 Å². The normalized spacial score (nSPS) is 17.2. The Labute approximate surface area is 152 Å². The van der Waals surface area contributed by atoms with E-state index >= 15 is 0 Å². The number of anilines is 1. The standard InChI is InChI=1S/C20H33N3O2/c1-20(2,3)14-19(24)21-15-18(23-10-12-25-13-11-23)16-6-8-17(9-7-16)22(4)5/h6-9,18H,10-15H2,1-5H3,(H,21,24)/t18-/m0/s1. The van der Waals surface area contributed by atoms with Crippen LogP contribution in [0.25, 0.3) is 0 Å². The summed E-state index contributed by atoms with van der Waals surface area (Å²) in [4.78, 5) is 16.8. The fraction of sp³-hybridized carbons (Fsp3) is 0.650. The van der Waals surface area contributed by atoms with Gasteiger partial charge in [0.05, 0.1) is 19.3 Å². The Hall–Kier alpha value is -1.59. The van der Waals surface area contributed by atoms with E-state index in [9.17, 15) is 4.79 Å². The van der Waals surface area contributed by atoms with Crippen molar-refractivity contribution in [2.45, 2.75) is 33.2 Å². The third-order valence-electron chi connectivity index (χ3n) is 4.46. The first-order valence-corrected chi connectivity index (χ1v) is 9.12. The van der Waals surface area contributed by atoms with E-state index < -0.39 is 0 Å². The molecule has 140 valence electrons. The molecule has 1 aromatic rings. The number of carbonyl (C=O) groups is 1. The van der Waals surface area contributed by atoms with Gasteiger partial charge < -0.3 is 15.0 Å². The molecule has 1 saturated heterocycles. The summed E-state index contributed by atoms with van der Waals surface area (Å²) in [5.41, 5.74) is 2.43. The van der Waals surface area contributed by atoms with Gasteiger partial charge in [-0.15, -0.1) is 0 Å². The average Bonchev–Trinajstić information content (AvgIpc) is 2.55. The maximum atomic E-state index is 12.3. The summed E-state index contributed by atoms with van der Waals surface area (Å²) in [5.74, 6) is 0.121. The molecule has 5 heteroatoms. The van der Waals surface area contributed by atoms with Crippen LogP contribution >= 0.6 is 0 Å². The maximum absolute atomic E-state index is 12.3. The third kappa shape index (κ3) is 6.33. The number of carbonyl (C=O) groups excluding carboxylic acids is 1. The van der Waals surface area contributed by atoms with Crippen LogP contribution in [0.1, 0.15) is 38.8 Å². The van der Waals surface area contributed by atoms with E-state index in [1.807, 2.05) is 14.1 Å². The Morgan fingerprint density at radius 1 is 1.20 bits per heavy atom. The highest BCUT2D eigenvalue weighted by Gasteiger charge is 2.24. The lowest BCUT2D eigenvalue weighted by atomic mass is 9.92. The van der Waals surface area contributed by atoms with Crippen molar-refractivity contribution in [2.24, 2.45) is 5.41 Å². The Kier molecular flexibility index (Phi) is 6.85. The van der Waals surface area contributed by atoms with Gasteiger partial charge in [0, 0.05) is 45.8 Å². The van der Waals surface area contributed by atoms with E-state index in [0.717, 1.165) is 26.3 Å². The van der Waals surface area contributed by atoms with Gasteiger partial charge >= 0.3 is 0 Å². The minimum absolute atomic E-state index is 0.00586. The molecule has 1 heterocycles. The van der Waals surface area contributed by atoms with Gasteiger partial charge in [-0.3, -0.25) is 9.69 Å². The molecule has 0 aliphatic carbocycles. The molecule has 2 rings (SSSR count). The second-order valence-electron chi connectivity index (χ2n) is 8.19. The molecule has 25 heavy (non-hydrogen) atoms. The summed E-state index contributed by atoms with van der Waals surface area (Å²) in [6.45, 7) is 10.2. The summed E-state index contributed by atoms with van der Waals surface area (Å²) >= 11 is 0. The van der Waals surface area contributed by atoms with Crippen molar-refractivity contribution in [1.82, 2.24) is 10.2 Å². The largest absolute Gasteiger partial charge is 0.379 e. The van der Waals surface area contributed by atoms with E-state index in [1.165, 1.54) is 11.3 Å². The summed E-state index contributed by atoms with van der Waals surface area (Å²) in [6, 6.07) is 8.81. The Morgan fingerprint density at radius 2 is 1.80 bits per heavy atom. The molecular weight excluding hydrogens is 314 g/mol. The molecule has 1 amide bonds. The maximum Gasteiger partial charge on any atom is 0.220 e. The monoisotopic (exact) mass is 347 g/mol. The average molecular weight is 348 g/mol. The zero-order valence-corrected chi connectivity index (χ0v) is 16.3. The minimum atomic E-state index is 0.00586. The molecule has 1 aromatic carbocycles. The molecule has 1 N–H and O–H groups in total. The number of rotatable bonds is 6. The van der Waals surface area contributed by atoms with E-state index in [2.05, 4.69) is 60.2 Å². The lowest BCUT2D eigenvalue weighted by Crippen LogP contribution is -2.44. The first-order valence-electron chi connectivity index (χ1n) is 9.12. The summed E-state index contributed by atoms with van der Waals surface area (Å²) in [6.07, 6.45) is 0.544. The molecular formula is C20H33N3O2. The van der Waals surface area contributed by atoms with Crippen molar-refractivity contribution in [3.63, 3.8) is 0 Å². The van der Waals surface area contributed by atoms with Crippen LogP contribution in [0.15, 0.2) is 24.3 Å². The molecule has 0 saturated carbocycles. The number of hydrogen-bond acceptors (Lipinski definition) is 4. The van der Waals surface area contributed by atoms with Crippen LogP contribution in [-0.4, -0.2) is 57.8 Å². The molecule has 1 aliphatic heterocycles. The van der Waals surface area contributed by atoms with Crippen LogP contribution in [0.4, 0.5) is 5.69 Å². The summed E-state index contributed by atoms with van der Waals surface area (Å²) in [5, 5.41) is 3.14. The predicted molar refractivity (Wildman–Crippen MR) is 103 cm³/mol. The molecule has 5 nitrogen and oxygen atoms in total. The molecule has 0 unspecified atom stereocenters. The fourth-order valence-electron chi connectivity index (χ4n) is 3.10. The number of ether oxygens (including phenoxy) is 1.